The second-order valence-electron chi connectivity index (χ2n) is 6.09. The minimum atomic E-state index is -0.644. The second-order valence-corrected chi connectivity index (χ2v) is 7.20. The van der Waals surface area contributed by atoms with Crippen molar-refractivity contribution < 1.29 is 28.6 Å². The molecule has 1 saturated heterocycles. The molecule has 1 unspecified atom stereocenters. The normalized spacial score (nSPS) is 21.3. The largest absolute Gasteiger partial charge is 0.497 e. The van der Waals surface area contributed by atoms with Crippen LogP contribution in [0.5, 0.6) is 5.75 Å². The fraction of sp³-hybridized carbons (Fsp3) is 0.389. The summed E-state index contributed by atoms with van der Waals surface area (Å²) in [6.07, 6.45) is 0. The highest BCUT2D eigenvalue weighted by Gasteiger charge is 2.52. The Balaban J connectivity index is 1.75. The highest BCUT2D eigenvalue weighted by atomic mass is 32.2. The van der Waals surface area contributed by atoms with Crippen molar-refractivity contribution in [1.29, 1.82) is 0 Å². The highest BCUT2D eigenvalue weighted by Crippen LogP contribution is 2.39. The van der Waals surface area contributed by atoms with Gasteiger partial charge in [0.2, 0.25) is 5.91 Å². The van der Waals surface area contributed by atoms with E-state index < -0.39 is 18.0 Å². The number of ether oxygens (including phenoxy) is 3. The van der Waals surface area contributed by atoms with Crippen molar-refractivity contribution in [3.05, 3.63) is 41.1 Å². The summed E-state index contributed by atoms with van der Waals surface area (Å²) in [4.78, 5) is 37.3. The Labute approximate surface area is 160 Å². The van der Waals surface area contributed by atoms with Gasteiger partial charge >= 0.3 is 11.9 Å². The molecule has 1 aromatic carbocycles. The number of rotatable bonds is 6. The number of hydrogen-bond acceptors (Lipinski definition) is 8. The summed E-state index contributed by atoms with van der Waals surface area (Å²) < 4.78 is 15.5. The van der Waals surface area contributed by atoms with Crippen LogP contribution in [0.1, 0.15) is 12.5 Å². The average Bonchev–Trinajstić information content (AvgIpc) is 2.69. The van der Waals surface area contributed by atoms with Crippen molar-refractivity contribution in [3.8, 4) is 5.75 Å². The molecule has 2 aliphatic heterocycles. The number of esters is 2. The van der Waals surface area contributed by atoms with Gasteiger partial charge in [0.15, 0.2) is 0 Å². The van der Waals surface area contributed by atoms with Gasteiger partial charge in [-0.2, -0.15) is 0 Å². The molecule has 2 aliphatic rings. The Morgan fingerprint density at radius 1 is 1.22 bits per heavy atom. The van der Waals surface area contributed by atoms with E-state index in [0.717, 1.165) is 5.56 Å². The molecule has 0 radical (unpaired) electrons. The molecular formula is C18H20N2O6S. The Morgan fingerprint density at radius 2 is 1.93 bits per heavy atom. The molecule has 0 saturated carbocycles. The number of β-lactam (4-membered cyclic amide) rings is 1. The summed E-state index contributed by atoms with van der Waals surface area (Å²) in [5.41, 5.74) is 7.25. The van der Waals surface area contributed by atoms with Gasteiger partial charge < -0.3 is 19.9 Å². The van der Waals surface area contributed by atoms with E-state index >= 15 is 0 Å². The molecule has 2 atom stereocenters. The zero-order valence-corrected chi connectivity index (χ0v) is 15.8. The molecule has 8 nitrogen and oxygen atoms in total. The van der Waals surface area contributed by atoms with E-state index in [4.69, 9.17) is 19.9 Å². The van der Waals surface area contributed by atoms with Gasteiger partial charge in [-0.05, 0) is 17.7 Å². The Bertz CT molecular complexity index is 792. The molecule has 1 fully saturated rings. The molecule has 0 bridgehead atoms. The van der Waals surface area contributed by atoms with Gasteiger partial charge in [0.25, 0.3) is 0 Å². The predicted octanol–water partition coefficient (Wildman–Crippen LogP) is 0.798. The van der Waals surface area contributed by atoms with Gasteiger partial charge in [-0.3, -0.25) is 14.5 Å². The number of thioether (sulfide) groups is 1. The molecule has 9 heteroatoms. The van der Waals surface area contributed by atoms with Gasteiger partial charge in [0, 0.05) is 18.2 Å². The van der Waals surface area contributed by atoms with Gasteiger partial charge in [-0.25, -0.2) is 4.79 Å². The second kappa shape index (κ2) is 8.01. The van der Waals surface area contributed by atoms with Gasteiger partial charge in [0.1, 0.15) is 36.1 Å². The third kappa shape index (κ3) is 3.93. The molecule has 27 heavy (non-hydrogen) atoms. The molecule has 1 aromatic rings. The number of nitrogens with zero attached hydrogens (tertiary/aromatic N) is 1. The zero-order valence-electron chi connectivity index (χ0n) is 15.0. The minimum Gasteiger partial charge on any atom is -0.497 e. The fourth-order valence-electron chi connectivity index (χ4n) is 2.81. The van der Waals surface area contributed by atoms with Crippen LogP contribution in [0.2, 0.25) is 0 Å². The first-order valence-corrected chi connectivity index (χ1v) is 9.33. The molecule has 0 aliphatic carbocycles. The van der Waals surface area contributed by atoms with E-state index in [1.54, 1.807) is 31.4 Å². The maximum atomic E-state index is 12.7. The van der Waals surface area contributed by atoms with E-state index in [1.807, 2.05) is 0 Å². The van der Waals surface area contributed by atoms with Crippen LogP contribution in [0.3, 0.4) is 0 Å². The lowest BCUT2D eigenvalue weighted by Crippen LogP contribution is -2.68. The van der Waals surface area contributed by atoms with E-state index in [-0.39, 0.29) is 30.2 Å². The van der Waals surface area contributed by atoms with Crippen LogP contribution in [-0.4, -0.2) is 53.6 Å². The van der Waals surface area contributed by atoms with Crippen LogP contribution in [0.15, 0.2) is 35.5 Å². The van der Waals surface area contributed by atoms with Crippen LogP contribution in [0, 0.1) is 0 Å². The summed E-state index contributed by atoms with van der Waals surface area (Å²) in [7, 11) is 1.57. The first kappa shape index (κ1) is 19.2. The average molecular weight is 392 g/mol. The summed E-state index contributed by atoms with van der Waals surface area (Å²) in [6.45, 7) is 1.26. The van der Waals surface area contributed by atoms with Crippen molar-refractivity contribution in [2.75, 3.05) is 19.5 Å². The third-order valence-electron chi connectivity index (χ3n) is 4.26. The van der Waals surface area contributed by atoms with Crippen LogP contribution < -0.4 is 10.5 Å². The molecule has 0 spiro atoms. The number of hydrogen-bond donors (Lipinski definition) is 1. The quantitative estimate of drug-likeness (QED) is 0.559. The van der Waals surface area contributed by atoms with Gasteiger partial charge in [-0.15, -0.1) is 11.8 Å². The number of carbonyl (C=O) groups is 3. The number of nitrogens with two attached hydrogens (primary N) is 1. The van der Waals surface area contributed by atoms with Crippen LogP contribution >= 0.6 is 11.8 Å². The van der Waals surface area contributed by atoms with Crippen molar-refractivity contribution in [2.45, 2.75) is 24.9 Å². The van der Waals surface area contributed by atoms with E-state index in [0.29, 0.717) is 17.1 Å². The maximum absolute atomic E-state index is 12.7. The smallest absolute Gasteiger partial charge is 0.355 e. The topological polar surface area (TPSA) is 108 Å². The monoisotopic (exact) mass is 392 g/mol. The lowest BCUT2D eigenvalue weighted by Gasteiger charge is -2.48. The van der Waals surface area contributed by atoms with Crippen LogP contribution in [-0.2, 0) is 30.5 Å². The van der Waals surface area contributed by atoms with Gasteiger partial charge in [0.05, 0.1) is 7.11 Å². The predicted molar refractivity (Wildman–Crippen MR) is 97.5 cm³/mol. The Hall–Kier alpha value is -2.52. The first-order chi connectivity index (χ1) is 12.9. The summed E-state index contributed by atoms with van der Waals surface area (Å²) in [5, 5.41) is -0.304. The molecule has 2 N–H and O–H groups in total. The zero-order chi connectivity index (χ0) is 19.6. The third-order valence-corrected chi connectivity index (χ3v) is 5.62. The highest BCUT2D eigenvalue weighted by molar-refractivity contribution is 8.00. The molecule has 144 valence electrons. The molecule has 0 aromatic heterocycles. The van der Waals surface area contributed by atoms with Crippen LogP contribution in [0.25, 0.3) is 0 Å². The van der Waals surface area contributed by atoms with Crippen molar-refractivity contribution >= 4 is 29.6 Å². The number of benzene rings is 1. The van der Waals surface area contributed by atoms with Gasteiger partial charge in [-0.1, -0.05) is 12.1 Å². The first-order valence-electron chi connectivity index (χ1n) is 8.28. The lowest BCUT2D eigenvalue weighted by molar-refractivity contribution is -0.151. The molecule has 2 heterocycles. The summed E-state index contributed by atoms with van der Waals surface area (Å²) in [6, 6.07) is 6.45. The molecule has 3 rings (SSSR count). The van der Waals surface area contributed by atoms with Crippen molar-refractivity contribution in [1.82, 2.24) is 4.90 Å². The molecular weight excluding hydrogens is 372 g/mol. The van der Waals surface area contributed by atoms with E-state index in [1.165, 1.54) is 23.6 Å². The van der Waals surface area contributed by atoms with Crippen molar-refractivity contribution in [2.24, 2.45) is 5.73 Å². The number of carbonyl (C=O) groups excluding carboxylic acids is 3. The summed E-state index contributed by atoms with van der Waals surface area (Å²) >= 11 is 1.43. The minimum absolute atomic E-state index is 0.0407. The number of fused-ring (bicyclic) bond motifs is 1. The van der Waals surface area contributed by atoms with E-state index in [2.05, 4.69) is 0 Å². The SMILES string of the molecule is COc1ccc(COC(=O)C2=C(COC(C)=O)CS[C@H]3C(N)C(=O)N23)cc1. The van der Waals surface area contributed by atoms with Crippen molar-refractivity contribution in [3.63, 3.8) is 0 Å². The molecule has 1 amide bonds. The lowest BCUT2D eigenvalue weighted by atomic mass is 10.0. The summed E-state index contributed by atoms with van der Waals surface area (Å²) in [5.74, 6) is -0.319. The van der Waals surface area contributed by atoms with E-state index in [9.17, 15) is 14.4 Å². The maximum Gasteiger partial charge on any atom is 0.355 e. The number of amides is 1. The standard InChI is InChI=1S/C18H20N2O6S/c1-10(21)25-8-12-9-27-17-14(19)16(22)20(17)15(12)18(23)26-7-11-3-5-13(24-2)6-4-11/h3-6,14,17H,7-9,19H2,1-2H3/t14?,17-/m0/s1. The Kier molecular flexibility index (Phi) is 5.71. The van der Waals surface area contributed by atoms with Crippen LogP contribution in [0.4, 0.5) is 0 Å². The number of methoxy groups -OCH3 is 1. The fourth-order valence-corrected chi connectivity index (χ4v) is 4.08. The Morgan fingerprint density at radius 3 is 2.56 bits per heavy atom.